The predicted octanol–water partition coefficient (Wildman–Crippen LogP) is 5.04. The van der Waals surface area contributed by atoms with Crippen LogP contribution < -0.4 is 25.2 Å². The van der Waals surface area contributed by atoms with Gasteiger partial charge in [0.25, 0.3) is 11.8 Å². The summed E-state index contributed by atoms with van der Waals surface area (Å²) in [5.41, 5.74) is 4.39. The minimum Gasteiger partial charge on any atom is -0.496 e. The van der Waals surface area contributed by atoms with E-state index in [9.17, 15) is 9.59 Å². The van der Waals surface area contributed by atoms with Crippen LogP contribution in [0.1, 0.15) is 71.4 Å². The van der Waals surface area contributed by atoms with Crippen LogP contribution in [0.2, 0.25) is 0 Å². The van der Waals surface area contributed by atoms with Gasteiger partial charge in [-0.05, 0) is 80.5 Å². The number of methoxy groups -OCH3 is 1. The fourth-order valence-electron chi connectivity index (χ4n) is 7.50. The first kappa shape index (κ1) is 31.9. The van der Waals surface area contributed by atoms with Gasteiger partial charge >= 0.3 is 0 Å². The molecule has 2 N–H and O–H groups in total. The molecule has 2 bridgehead atoms. The van der Waals surface area contributed by atoms with Crippen LogP contribution in [0.3, 0.4) is 0 Å². The van der Waals surface area contributed by atoms with Gasteiger partial charge in [0, 0.05) is 80.4 Å². The molecule has 3 aromatic rings. The van der Waals surface area contributed by atoms with Gasteiger partial charge in [-0.1, -0.05) is 32.0 Å². The second-order valence-corrected chi connectivity index (χ2v) is 13.5. The van der Waals surface area contributed by atoms with E-state index >= 15 is 0 Å². The summed E-state index contributed by atoms with van der Waals surface area (Å²) in [7, 11) is 1.63. The van der Waals surface area contributed by atoms with Gasteiger partial charge in [0.05, 0.1) is 12.7 Å². The monoisotopic (exact) mass is 624 g/mol. The Kier molecular flexibility index (Phi) is 9.78. The van der Waals surface area contributed by atoms with E-state index in [1.165, 1.54) is 5.69 Å². The SMILES string of the molecule is COc1cccc(C(=O)NC2C[C@H]3CC[C@@H](C2)N3c2ccc(C(=O)NCc3ccc(N4CCN(CC(C)C)CC4)cc3)cn2)c1C. The van der Waals surface area contributed by atoms with Gasteiger partial charge in [0.1, 0.15) is 11.6 Å². The summed E-state index contributed by atoms with van der Waals surface area (Å²) in [4.78, 5) is 38.2. The smallest absolute Gasteiger partial charge is 0.253 e. The van der Waals surface area contributed by atoms with E-state index in [2.05, 4.69) is 63.4 Å². The fourth-order valence-corrected chi connectivity index (χ4v) is 7.50. The molecule has 1 unspecified atom stereocenters. The first-order chi connectivity index (χ1) is 22.3. The summed E-state index contributed by atoms with van der Waals surface area (Å²) >= 11 is 0. The van der Waals surface area contributed by atoms with Crippen molar-refractivity contribution in [1.82, 2.24) is 20.5 Å². The Bertz CT molecular complexity index is 1490. The summed E-state index contributed by atoms with van der Waals surface area (Å²) in [6, 6.07) is 18.7. The maximum Gasteiger partial charge on any atom is 0.253 e. The van der Waals surface area contributed by atoms with Crippen LogP contribution in [-0.2, 0) is 6.54 Å². The minimum atomic E-state index is -0.123. The molecule has 1 aromatic heterocycles. The third kappa shape index (κ3) is 7.15. The molecule has 6 rings (SSSR count). The Labute approximate surface area is 273 Å². The molecule has 0 spiro atoms. The van der Waals surface area contributed by atoms with Gasteiger partial charge in [0.15, 0.2) is 0 Å². The molecule has 0 saturated carbocycles. The molecule has 4 heterocycles. The van der Waals surface area contributed by atoms with Crippen LogP contribution in [0.4, 0.5) is 11.5 Å². The number of hydrogen-bond donors (Lipinski definition) is 2. The van der Waals surface area contributed by atoms with Crippen molar-refractivity contribution in [3.05, 3.63) is 83.0 Å². The Morgan fingerprint density at radius 2 is 1.65 bits per heavy atom. The number of benzene rings is 2. The number of nitrogens with zero attached hydrogens (tertiary/aromatic N) is 4. The van der Waals surface area contributed by atoms with Crippen LogP contribution in [0, 0.1) is 12.8 Å². The van der Waals surface area contributed by atoms with Crippen molar-refractivity contribution in [3.8, 4) is 5.75 Å². The zero-order valence-corrected chi connectivity index (χ0v) is 27.7. The van der Waals surface area contributed by atoms with E-state index in [4.69, 9.17) is 9.72 Å². The first-order valence-electron chi connectivity index (χ1n) is 16.8. The molecule has 0 aliphatic carbocycles. The normalized spacial score (nSPS) is 21.4. The third-order valence-corrected chi connectivity index (χ3v) is 9.84. The van der Waals surface area contributed by atoms with E-state index in [0.717, 1.165) is 81.1 Å². The van der Waals surface area contributed by atoms with Crippen molar-refractivity contribution in [3.63, 3.8) is 0 Å². The van der Waals surface area contributed by atoms with E-state index in [1.807, 2.05) is 37.3 Å². The number of carbonyl (C=O) groups excluding carboxylic acids is 2. The van der Waals surface area contributed by atoms with Crippen molar-refractivity contribution < 1.29 is 14.3 Å². The number of nitrogens with one attached hydrogen (secondary N) is 2. The molecule has 9 heteroatoms. The van der Waals surface area contributed by atoms with Crippen molar-refractivity contribution in [2.45, 2.75) is 71.1 Å². The molecule has 3 aliphatic rings. The zero-order chi connectivity index (χ0) is 32.2. The highest BCUT2D eigenvalue weighted by Crippen LogP contribution is 2.38. The van der Waals surface area contributed by atoms with Gasteiger partial charge in [-0.15, -0.1) is 0 Å². The Hall–Kier alpha value is -4.11. The van der Waals surface area contributed by atoms with Gasteiger partial charge in [-0.25, -0.2) is 4.98 Å². The maximum absolute atomic E-state index is 13.1. The largest absolute Gasteiger partial charge is 0.496 e. The molecule has 3 saturated heterocycles. The number of ether oxygens (including phenoxy) is 1. The van der Waals surface area contributed by atoms with Crippen LogP contribution in [0.5, 0.6) is 5.75 Å². The Balaban J connectivity index is 0.987. The molecule has 2 amide bonds. The van der Waals surface area contributed by atoms with Crippen molar-refractivity contribution >= 4 is 23.3 Å². The molecule has 2 aromatic carbocycles. The van der Waals surface area contributed by atoms with Crippen molar-refractivity contribution in [1.29, 1.82) is 0 Å². The topological polar surface area (TPSA) is 90.0 Å². The highest BCUT2D eigenvalue weighted by Gasteiger charge is 2.42. The summed E-state index contributed by atoms with van der Waals surface area (Å²) < 4.78 is 5.40. The summed E-state index contributed by atoms with van der Waals surface area (Å²) in [6.45, 7) is 12.4. The summed E-state index contributed by atoms with van der Waals surface area (Å²) in [5, 5.41) is 6.33. The molecular formula is C37H48N6O3. The van der Waals surface area contributed by atoms with E-state index in [1.54, 1.807) is 13.3 Å². The number of piperazine rings is 1. The quantitative estimate of drug-likeness (QED) is 0.327. The standard InChI is InChI=1S/C37H48N6O3/c1-25(2)24-41-16-18-42(19-17-41)30-11-8-27(9-12-30)22-39-36(44)28-10-15-35(38-23-28)43-31-13-14-32(43)21-29(20-31)40-37(45)33-6-5-7-34(46-4)26(33)3/h5-12,15,23,25,29,31-32H,13-14,16-22,24H2,1-4H3,(H,39,44)(H,40,45)/t29?,31-,32+. The van der Waals surface area contributed by atoms with Crippen LogP contribution >= 0.6 is 0 Å². The number of hydrogen-bond acceptors (Lipinski definition) is 7. The zero-order valence-electron chi connectivity index (χ0n) is 27.7. The molecule has 9 nitrogen and oxygen atoms in total. The lowest BCUT2D eigenvalue weighted by Crippen LogP contribution is -2.50. The number of amides is 2. The van der Waals surface area contributed by atoms with Crippen LogP contribution in [0.25, 0.3) is 0 Å². The lowest BCUT2D eigenvalue weighted by molar-refractivity contribution is 0.0923. The Morgan fingerprint density at radius 3 is 2.28 bits per heavy atom. The minimum absolute atomic E-state index is 0.0470. The average Bonchev–Trinajstić information content (AvgIpc) is 3.33. The van der Waals surface area contributed by atoms with Gasteiger partial charge in [-0.3, -0.25) is 14.5 Å². The number of rotatable bonds is 10. The van der Waals surface area contributed by atoms with Crippen LogP contribution in [0.15, 0.2) is 60.8 Å². The van der Waals surface area contributed by atoms with Crippen molar-refractivity contribution in [2.75, 3.05) is 49.6 Å². The Morgan fingerprint density at radius 1 is 0.935 bits per heavy atom. The first-order valence-corrected chi connectivity index (χ1v) is 16.8. The molecule has 244 valence electrons. The van der Waals surface area contributed by atoms with E-state index in [0.29, 0.717) is 35.7 Å². The predicted molar refractivity (Wildman–Crippen MR) is 183 cm³/mol. The molecule has 3 fully saturated rings. The molecular weight excluding hydrogens is 576 g/mol. The van der Waals surface area contributed by atoms with Gasteiger partial charge in [0.2, 0.25) is 0 Å². The number of pyridine rings is 1. The maximum atomic E-state index is 13.1. The number of piperidine rings is 1. The lowest BCUT2D eigenvalue weighted by Gasteiger charge is -2.40. The van der Waals surface area contributed by atoms with Gasteiger partial charge < -0.3 is 25.2 Å². The summed E-state index contributed by atoms with van der Waals surface area (Å²) in [6.07, 6.45) is 5.59. The van der Waals surface area contributed by atoms with E-state index < -0.39 is 0 Å². The highest BCUT2D eigenvalue weighted by atomic mass is 16.5. The van der Waals surface area contributed by atoms with Gasteiger partial charge in [-0.2, -0.15) is 0 Å². The molecule has 3 atom stereocenters. The average molecular weight is 625 g/mol. The number of carbonyl (C=O) groups is 2. The van der Waals surface area contributed by atoms with Crippen molar-refractivity contribution in [2.24, 2.45) is 5.92 Å². The molecule has 0 radical (unpaired) electrons. The molecule has 46 heavy (non-hydrogen) atoms. The fraction of sp³-hybridized carbons (Fsp3) is 0.486. The van der Waals surface area contributed by atoms with E-state index in [-0.39, 0.29) is 17.9 Å². The second-order valence-electron chi connectivity index (χ2n) is 13.5. The number of fused-ring (bicyclic) bond motifs is 2. The second kappa shape index (κ2) is 14.1. The summed E-state index contributed by atoms with van der Waals surface area (Å²) in [5.74, 6) is 2.15. The third-order valence-electron chi connectivity index (χ3n) is 9.84. The highest BCUT2D eigenvalue weighted by molar-refractivity contribution is 5.96. The van der Waals surface area contributed by atoms with Crippen LogP contribution in [-0.4, -0.2) is 79.7 Å². The lowest BCUT2D eigenvalue weighted by atomic mass is 9.96. The molecule has 3 aliphatic heterocycles. The number of aromatic nitrogens is 1. The number of anilines is 2.